The topological polar surface area (TPSA) is 12.0 Å². The molecule has 1 saturated carbocycles. The smallest absolute Gasteiger partial charge is 0.0409 e. The molecule has 0 saturated heterocycles. The van der Waals surface area contributed by atoms with Gasteiger partial charge in [-0.1, -0.05) is 30.7 Å². The Labute approximate surface area is 90.5 Å². The predicted octanol–water partition coefficient (Wildman–Crippen LogP) is 3.23. The quantitative estimate of drug-likeness (QED) is 0.806. The highest BCUT2D eigenvalue weighted by Crippen LogP contribution is 2.26. The van der Waals surface area contributed by atoms with Gasteiger partial charge in [0.25, 0.3) is 0 Å². The van der Waals surface area contributed by atoms with Gasteiger partial charge >= 0.3 is 0 Å². The van der Waals surface area contributed by atoms with Crippen LogP contribution in [0.4, 0.5) is 0 Å². The summed E-state index contributed by atoms with van der Waals surface area (Å²) in [7, 11) is 0. The molecule has 1 nitrogen and oxygen atoms in total. The van der Waals surface area contributed by atoms with Crippen molar-refractivity contribution in [3.05, 3.63) is 34.9 Å². The van der Waals surface area contributed by atoms with Crippen LogP contribution >= 0.6 is 11.6 Å². The summed E-state index contributed by atoms with van der Waals surface area (Å²) >= 11 is 5.91. The first-order chi connectivity index (χ1) is 6.75. The van der Waals surface area contributed by atoms with Gasteiger partial charge in [0, 0.05) is 17.6 Å². The van der Waals surface area contributed by atoms with Crippen LogP contribution in [0.25, 0.3) is 0 Å². The highest BCUT2D eigenvalue weighted by Gasteiger charge is 2.25. The lowest BCUT2D eigenvalue weighted by Gasteiger charge is -2.34. The average molecular weight is 210 g/mol. The van der Waals surface area contributed by atoms with E-state index < -0.39 is 0 Å². The third-order valence-electron chi connectivity index (χ3n) is 3.08. The summed E-state index contributed by atoms with van der Waals surface area (Å²) in [5, 5.41) is 4.38. The van der Waals surface area contributed by atoms with Crippen LogP contribution in [0, 0.1) is 5.92 Å². The van der Waals surface area contributed by atoms with E-state index >= 15 is 0 Å². The zero-order chi connectivity index (χ0) is 9.97. The monoisotopic (exact) mass is 209 g/mol. The molecule has 1 aromatic rings. The van der Waals surface area contributed by atoms with Crippen molar-refractivity contribution in [1.82, 2.24) is 5.32 Å². The molecule has 0 amide bonds. The molecule has 1 fully saturated rings. The predicted molar refractivity (Wildman–Crippen MR) is 60.5 cm³/mol. The summed E-state index contributed by atoms with van der Waals surface area (Å²) in [6.45, 7) is 3.24. The van der Waals surface area contributed by atoms with E-state index in [0.717, 1.165) is 17.5 Å². The number of hydrogen-bond acceptors (Lipinski definition) is 1. The number of benzene rings is 1. The average Bonchev–Trinajstić information content (AvgIpc) is 2.16. The van der Waals surface area contributed by atoms with E-state index in [4.69, 9.17) is 11.6 Å². The van der Waals surface area contributed by atoms with Gasteiger partial charge in [0.05, 0.1) is 0 Å². The zero-order valence-corrected chi connectivity index (χ0v) is 9.22. The van der Waals surface area contributed by atoms with Gasteiger partial charge < -0.3 is 5.32 Å². The maximum Gasteiger partial charge on any atom is 0.0409 e. The van der Waals surface area contributed by atoms with Crippen molar-refractivity contribution in [2.24, 2.45) is 5.92 Å². The Hall–Kier alpha value is -0.530. The summed E-state index contributed by atoms with van der Waals surface area (Å²) in [6, 6.07) is 8.77. The fourth-order valence-corrected chi connectivity index (χ4v) is 2.08. The van der Waals surface area contributed by atoms with Crippen molar-refractivity contribution in [2.75, 3.05) is 0 Å². The maximum atomic E-state index is 5.91. The first-order valence-corrected chi connectivity index (χ1v) is 5.61. The van der Waals surface area contributed by atoms with Crippen molar-refractivity contribution < 1.29 is 0 Å². The molecule has 2 heteroatoms. The lowest BCUT2D eigenvalue weighted by molar-refractivity contribution is 0.228. The molecule has 0 heterocycles. The van der Waals surface area contributed by atoms with Crippen molar-refractivity contribution in [1.29, 1.82) is 0 Å². The molecule has 0 radical (unpaired) electrons. The third-order valence-corrected chi connectivity index (χ3v) is 3.31. The lowest BCUT2D eigenvalue weighted by Crippen LogP contribution is -2.41. The van der Waals surface area contributed by atoms with Crippen LogP contribution in [-0.2, 0) is 6.54 Å². The van der Waals surface area contributed by atoms with Crippen LogP contribution < -0.4 is 5.32 Å². The van der Waals surface area contributed by atoms with Gasteiger partial charge in [-0.05, 0) is 36.5 Å². The van der Waals surface area contributed by atoms with E-state index in [1.54, 1.807) is 0 Å². The Balaban J connectivity index is 1.85. The minimum atomic E-state index is 0.717. The molecule has 0 aromatic heterocycles. The standard InChI is InChI=1S/C12H16ClN/c1-9-5-6-12(9)14-8-10-3-2-4-11(13)7-10/h2-4,7,9,12,14H,5-6,8H2,1H3. The zero-order valence-electron chi connectivity index (χ0n) is 8.46. The Morgan fingerprint density at radius 2 is 2.29 bits per heavy atom. The minimum absolute atomic E-state index is 0.717. The second-order valence-corrected chi connectivity index (χ2v) is 4.61. The van der Waals surface area contributed by atoms with Crippen LogP contribution in [0.3, 0.4) is 0 Å². The van der Waals surface area contributed by atoms with Crippen LogP contribution in [0.15, 0.2) is 24.3 Å². The summed E-state index contributed by atoms with van der Waals surface area (Å²) in [6.07, 6.45) is 2.69. The molecule has 1 aliphatic carbocycles. The highest BCUT2D eigenvalue weighted by atomic mass is 35.5. The summed E-state index contributed by atoms with van der Waals surface area (Å²) < 4.78 is 0. The Morgan fingerprint density at radius 1 is 1.43 bits per heavy atom. The van der Waals surface area contributed by atoms with Gasteiger partial charge in [-0.25, -0.2) is 0 Å². The third kappa shape index (κ3) is 2.28. The van der Waals surface area contributed by atoms with Crippen LogP contribution in [0.5, 0.6) is 0 Å². The molecule has 0 aliphatic heterocycles. The van der Waals surface area contributed by atoms with Crippen molar-refractivity contribution in [2.45, 2.75) is 32.4 Å². The fraction of sp³-hybridized carbons (Fsp3) is 0.500. The summed E-state index contributed by atoms with van der Waals surface area (Å²) in [5.41, 5.74) is 1.27. The first kappa shape index (κ1) is 10.0. The molecular weight excluding hydrogens is 194 g/mol. The molecular formula is C12H16ClN. The lowest BCUT2D eigenvalue weighted by atomic mass is 9.81. The van der Waals surface area contributed by atoms with E-state index in [1.165, 1.54) is 18.4 Å². The fourth-order valence-electron chi connectivity index (χ4n) is 1.87. The number of hydrogen-bond donors (Lipinski definition) is 1. The number of halogens is 1. The molecule has 1 N–H and O–H groups in total. The number of nitrogens with one attached hydrogen (secondary N) is 1. The largest absolute Gasteiger partial charge is 0.310 e. The van der Waals surface area contributed by atoms with E-state index in [1.807, 2.05) is 18.2 Å². The van der Waals surface area contributed by atoms with Crippen LogP contribution in [-0.4, -0.2) is 6.04 Å². The van der Waals surface area contributed by atoms with Gasteiger partial charge in [0.15, 0.2) is 0 Å². The van der Waals surface area contributed by atoms with E-state index in [2.05, 4.69) is 18.3 Å². The second-order valence-electron chi connectivity index (χ2n) is 4.17. The Kier molecular flexibility index (Phi) is 3.09. The van der Waals surface area contributed by atoms with Gasteiger partial charge in [-0.3, -0.25) is 0 Å². The molecule has 1 aliphatic rings. The van der Waals surface area contributed by atoms with Crippen LogP contribution in [0.1, 0.15) is 25.3 Å². The molecule has 76 valence electrons. The Morgan fingerprint density at radius 3 is 2.86 bits per heavy atom. The van der Waals surface area contributed by atoms with E-state index in [0.29, 0.717) is 6.04 Å². The van der Waals surface area contributed by atoms with Gasteiger partial charge in [-0.15, -0.1) is 0 Å². The first-order valence-electron chi connectivity index (χ1n) is 5.23. The van der Waals surface area contributed by atoms with Crippen molar-refractivity contribution >= 4 is 11.6 Å². The van der Waals surface area contributed by atoms with E-state index in [-0.39, 0.29) is 0 Å². The Bertz CT molecular complexity index is 311. The minimum Gasteiger partial charge on any atom is -0.310 e. The second kappa shape index (κ2) is 4.33. The van der Waals surface area contributed by atoms with Crippen LogP contribution in [0.2, 0.25) is 5.02 Å². The van der Waals surface area contributed by atoms with Crippen molar-refractivity contribution in [3.63, 3.8) is 0 Å². The molecule has 2 atom stereocenters. The normalized spacial score (nSPS) is 25.9. The molecule has 14 heavy (non-hydrogen) atoms. The maximum absolute atomic E-state index is 5.91. The van der Waals surface area contributed by atoms with Gasteiger partial charge in [0.1, 0.15) is 0 Å². The number of rotatable bonds is 3. The SMILES string of the molecule is CC1CCC1NCc1cccc(Cl)c1. The van der Waals surface area contributed by atoms with E-state index in [9.17, 15) is 0 Å². The summed E-state index contributed by atoms with van der Waals surface area (Å²) in [5.74, 6) is 0.842. The van der Waals surface area contributed by atoms with Gasteiger partial charge in [0.2, 0.25) is 0 Å². The molecule has 2 unspecified atom stereocenters. The van der Waals surface area contributed by atoms with Crippen molar-refractivity contribution in [3.8, 4) is 0 Å². The molecule has 0 bridgehead atoms. The molecule has 0 spiro atoms. The van der Waals surface area contributed by atoms with Gasteiger partial charge in [-0.2, -0.15) is 0 Å². The summed E-state index contributed by atoms with van der Waals surface area (Å²) in [4.78, 5) is 0. The molecule has 2 rings (SSSR count). The highest BCUT2D eigenvalue weighted by molar-refractivity contribution is 6.30. The molecule has 1 aromatic carbocycles.